The Labute approximate surface area is 246 Å². The van der Waals surface area contributed by atoms with Gasteiger partial charge in [0.15, 0.2) is 6.61 Å². The highest BCUT2D eigenvalue weighted by Crippen LogP contribution is 2.33. The fourth-order valence-corrected chi connectivity index (χ4v) is 4.17. The Morgan fingerprint density at radius 3 is 2.20 bits per heavy atom. The van der Waals surface area contributed by atoms with Gasteiger partial charge in [-0.2, -0.15) is 44.7 Å². The third-order valence-electron chi connectivity index (χ3n) is 5.75. The lowest BCUT2D eigenvalue weighted by Gasteiger charge is -2.15. The van der Waals surface area contributed by atoms with E-state index in [9.17, 15) is 34.8 Å². The lowest BCUT2D eigenvalue weighted by molar-refractivity contribution is -0.154. The number of pyridine rings is 2. The quantitative estimate of drug-likeness (QED) is 0.149. The maximum atomic E-state index is 12.8. The average Bonchev–Trinajstić information content (AvgIpc) is 2.97. The zero-order valence-electron chi connectivity index (χ0n) is 22.4. The van der Waals surface area contributed by atoms with Gasteiger partial charge in [0, 0.05) is 28.9 Å². The zero-order chi connectivity index (χ0) is 32.1. The standard InChI is InChI=1S/C22H15F6N5O.C6H6O3S/c1-12-18(14-5-4-13-3-2-8-29-16(13)9-14)32-20(34-11-21(23,24)25)33-19(12)31-17-7-6-15(10-30-17)22(26,27)28;7-10(8,9)6-4-2-1-3-5-6/h2-10H,11H2,1H3,(H,30,31,32,33);1-5H,(H,7,8,9). The number of ether oxygens (including phenoxy) is 1. The Kier molecular flexibility index (Phi) is 9.34. The number of halogens is 6. The first-order valence-electron chi connectivity index (χ1n) is 12.4. The highest BCUT2D eigenvalue weighted by Gasteiger charge is 2.31. The summed E-state index contributed by atoms with van der Waals surface area (Å²) in [5.41, 5.74) is 0.891. The summed E-state index contributed by atoms with van der Waals surface area (Å²) in [7, 11) is -4.00. The largest absolute Gasteiger partial charge is 0.454 e. The van der Waals surface area contributed by atoms with Crippen molar-refractivity contribution in [3.63, 3.8) is 0 Å². The van der Waals surface area contributed by atoms with Crippen LogP contribution >= 0.6 is 0 Å². The van der Waals surface area contributed by atoms with E-state index in [0.717, 1.165) is 17.5 Å². The van der Waals surface area contributed by atoms with Crippen LogP contribution in [0.4, 0.5) is 38.0 Å². The normalized spacial score (nSPS) is 11.9. The van der Waals surface area contributed by atoms with Crippen LogP contribution in [0.2, 0.25) is 0 Å². The number of aromatic nitrogens is 4. The van der Waals surface area contributed by atoms with Crippen molar-refractivity contribution in [2.45, 2.75) is 24.2 Å². The van der Waals surface area contributed by atoms with Gasteiger partial charge in [-0.05, 0) is 43.3 Å². The Balaban J connectivity index is 0.000000375. The third-order valence-corrected chi connectivity index (χ3v) is 6.62. The van der Waals surface area contributed by atoms with Crippen molar-refractivity contribution < 1.29 is 44.0 Å². The van der Waals surface area contributed by atoms with Crippen LogP contribution in [0.1, 0.15) is 11.1 Å². The van der Waals surface area contributed by atoms with Gasteiger partial charge < -0.3 is 10.1 Å². The van der Waals surface area contributed by atoms with Gasteiger partial charge in [-0.1, -0.05) is 36.4 Å². The predicted octanol–water partition coefficient (Wildman–Crippen LogP) is 7.03. The van der Waals surface area contributed by atoms with Crippen molar-refractivity contribution in [3.05, 3.63) is 96.3 Å². The second-order valence-corrected chi connectivity index (χ2v) is 10.4. The van der Waals surface area contributed by atoms with Crippen LogP contribution in [0.3, 0.4) is 0 Å². The van der Waals surface area contributed by atoms with E-state index < -0.39 is 40.7 Å². The number of hydrogen-bond donors (Lipinski definition) is 2. The number of fused-ring (bicyclic) bond motifs is 1. The molecule has 44 heavy (non-hydrogen) atoms. The number of hydrogen-bond acceptors (Lipinski definition) is 8. The van der Waals surface area contributed by atoms with Gasteiger partial charge in [0.05, 0.1) is 21.7 Å². The highest BCUT2D eigenvalue weighted by atomic mass is 32.2. The zero-order valence-corrected chi connectivity index (χ0v) is 23.2. The summed E-state index contributed by atoms with van der Waals surface area (Å²) in [6, 6.07) is 17.6. The molecule has 0 fully saturated rings. The molecule has 5 aromatic rings. The van der Waals surface area contributed by atoms with Crippen LogP contribution in [0.25, 0.3) is 22.2 Å². The van der Waals surface area contributed by atoms with Crippen LogP contribution < -0.4 is 10.1 Å². The summed E-state index contributed by atoms with van der Waals surface area (Å²) in [5.74, 6) is 0.0262. The highest BCUT2D eigenvalue weighted by molar-refractivity contribution is 7.85. The number of nitrogens with zero attached hydrogens (tertiary/aromatic N) is 4. The number of benzene rings is 2. The Morgan fingerprint density at radius 1 is 0.886 bits per heavy atom. The summed E-state index contributed by atoms with van der Waals surface area (Å²) in [5, 5.41) is 3.58. The van der Waals surface area contributed by atoms with Crippen molar-refractivity contribution in [1.82, 2.24) is 19.9 Å². The van der Waals surface area contributed by atoms with E-state index in [-0.39, 0.29) is 22.2 Å². The molecule has 0 aliphatic heterocycles. The lowest BCUT2D eigenvalue weighted by atomic mass is 10.0. The number of nitrogens with one attached hydrogen (secondary N) is 1. The summed E-state index contributed by atoms with van der Waals surface area (Å²) >= 11 is 0. The number of rotatable bonds is 6. The molecule has 0 unspecified atom stereocenters. The van der Waals surface area contributed by atoms with E-state index >= 15 is 0 Å². The van der Waals surface area contributed by atoms with Gasteiger partial charge in [-0.25, -0.2) is 4.98 Å². The Bertz CT molecular complexity index is 1850. The number of alkyl halides is 6. The van der Waals surface area contributed by atoms with Crippen LogP contribution in [-0.2, 0) is 16.3 Å². The Hall–Kier alpha value is -4.83. The first kappa shape index (κ1) is 32.1. The fourth-order valence-electron chi connectivity index (χ4n) is 3.67. The van der Waals surface area contributed by atoms with Crippen molar-refractivity contribution in [2.24, 2.45) is 0 Å². The second kappa shape index (κ2) is 12.8. The molecule has 3 aromatic heterocycles. The maximum absolute atomic E-state index is 12.8. The summed E-state index contributed by atoms with van der Waals surface area (Å²) in [4.78, 5) is 16.0. The minimum absolute atomic E-state index is 0.00250. The van der Waals surface area contributed by atoms with Crippen molar-refractivity contribution in [2.75, 3.05) is 11.9 Å². The molecule has 230 valence electrons. The maximum Gasteiger partial charge on any atom is 0.422 e. The molecule has 0 saturated carbocycles. The topological polar surface area (TPSA) is 127 Å². The molecule has 2 N–H and O–H groups in total. The third kappa shape index (κ3) is 8.61. The molecule has 0 aliphatic rings. The van der Waals surface area contributed by atoms with Crippen molar-refractivity contribution in [3.8, 4) is 17.3 Å². The van der Waals surface area contributed by atoms with Gasteiger partial charge in [0.2, 0.25) is 0 Å². The van der Waals surface area contributed by atoms with Crippen LogP contribution in [0.15, 0.2) is 90.1 Å². The predicted molar refractivity (Wildman–Crippen MR) is 148 cm³/mol. The molecule has 5 rings (SSSR count). The summed E-state index contributed by atoms with van der Waals surface area (Å²) in [6.45, 7) is -0.00927. The first-order chi connectivity index (χ1) is 20.6. The molecule has 0 spiro atoms. The molecule has 2 aromatic carbocycles. The van der Waals surface area contributed by atoms with Gasteiger partial charge in [-0.15, -0.1) is 0 Å². The minimum Gasteiger partial charge on any atom is -0.454 e. The van der Waals surface area contributed by atoms with Gasteiger partial charge in [0.1, 0.15) is 11.6 Å². The van der Waals surface area contributed by atoms with E-state index in [1.54, 1.807) is 55.6 Å². The van der Waals surface area contributed by atoms with Gasteiger partial charge in [0.25, 0.3) is 10.1 Å². The van der Waals surface area contributed by atoms with Crippen molar-refractivity contribution in [1.29, 1.82) is 0 Å². The molecular weight excluding hydrogens is 616 g/mol. The SMILES string of the molecule is Cc1c(Nc2ccc(C(F)(F)F)cn2)nc(OCC(F)(F)F)nc1-c1ccc2cccnc2c1.O=S(=O)(O)c1ccccc1. The monoisotopic (exact) mass is 637 g/mol. The molecule has 16 heteroatoms. The molecular formula is C28H21F6N5O4S. The number of anilines is 2. The first-order valence-corrected chi connectivity index (χ1v) is 13.8. The van der Waals surface area contributed by atoms with Crippen LogP contribution in [0, 0.1) is 6.92 Å². The Morgan fingerprint density at radius 2 is 1.61 bits per heavy atom. The van der Waals surface area contributed by atoms with E-state index in [2.05, 4.69) is 25.3 Å². The molecule has 0 aliphatic carbocycles. The molecule has 0 radical (unpaired) electrons. The molecule has 0 saturated heterocycles. The van der Waals surface area contributed by atoms with E-state index in [4.69, 9.17) is 9.29 Å². The smallest absolute Gasteiger partial charge is 0.422 e. The average molecular weight is 638 g/mol. The fraction of sp³-hybridized carbons (Fsp3) is 0.143. The molecule has 0 bridgehead atoms. The molecule has 9 nitrogen and oxygen atoms in total. The molecule has 0 amide bonds. The van der Waals surface area contributed by atoms with Crippen molar-refractivity contribution >= 4 is 32.7 Å². The van der Waals surface area contributed by atoms with Gasteiger partial charge in [-0.3, -0.25) is 9.54 Å². The van der Waals surface area contributed by atoms with E-state index in [1.807, 2.05) is 6.07 Å². The minimum atomic E-state index is -4.62. The van der Waals surface area contributed by atoms with Gasteiger partial charge >= 0.3 is 18.4 Å². The van der Waals surface area contributed by atoms with Crippen LogP contribution in [-0.4, -0.2) is 45.7 Å². The summed E-state index contributed by atoms with van der Waals surface area (Å²) in [6.07, 6.45) is -6.95. The second-order valence-electron chi connectivity index (χ2n) is 8.99. The summed E-state index contributed by atoms with van der Waals surface area (Å²) < 4.78 is 110. The molecule has 3 heterocycles. The van der Waals surface area contributed by atoms with E-state index in [0.29, 0.717) is 22.8 Å². The van der Waals surface area contributed by atoms with Crippen LogP contribution in [0.5, 0.6) is 6.01 Å². The van der Waals surface area contributed by atoms with E-state index in [1.165, 1.54) is 12.1 Å². The molecule has 0 atom stereocenters. The lowest BCUT2D eigenvalue weighted by Crippen LogP contribution is -2.20.